The van der Waals surface area contributed by atoms with Crippen LogP contribution in [0.2, 0.25) is 10.3 Å². The van der Waals surface area contributed by atoms with Crippen molar-refractivity contribution in [1.82, 2.24) is 136 Å². The number of halogens is 10. The van der Waals surface area contributed by atoms with Gasteiger partial charge in [-0.3, -0.25) is 33.1 Å². The number of imidazole rings is 5. The molecule has 13 heterocycles. The third-order valence-corrected chi connectivity index (χ3v) is 13.2. The molecule has 57 heteroatoms. The summed E-state index contributed by atoms with van der Waals surface area (Å²) in [5.74, 6) is 2.45. The van der Waals surface area contributed by atoms with Gasteiger partial charge in [-0.1, -0.05) is 67.3 Å². The van der Waals surface area contributed by atoms with E-state index in [9.17, 15) is 47.5 Å². The first kappa shape index (κ1) is 125. The Labute approximate surface area is 789 Å². The maximum absolute atomic E-state index is 11.8. The van der Waals surface area contributed by atoms with Gasteiger partial charge in [0.2, 0.25) is 0 Å². The van der Waals surface area contributed by atoms with Crippen LogP contribution in [0.25, 0.3) is 57.6 Å². The van der Waals surface area contributed by atoms with Crippen LogP contribution in [-0.4, -0.2) is 200 Å². The number of rotatable bonds is 14. The van der Waals surface area contributed by atoms with Crippen molar-refractivity contribution in [1.29, 1.82) is 5.26 Å². The fourth-order valence-corrected chi connectivity index (χ4v) is 7.72. The summed E-state index contributed by atoms with van der Waals surface area (Å²) in [6.07, 6.45) is 20.8. The number of nitrogens with two attached hydrogens (primary N) is 1. The Hall–Kier alpha value is -10.8. The number of unbranched alkanes of at least 4 members (excludes halogenated alkanes) is 1. The molecule has 13 aromatic rings. The van der Waals surface area contributed by atoms with Gasteiger partial charge in [0, 0.05) is 108 Å². The van der Waals surface area contributed by atoms with Crippen molar-refractivity contribution in [3.05, 3.63) is 234 Å². The number of aryl methyl sites for hydroxylation is 6. The zero-order chi connectivity index (χ0) is 90.8. The molecule has 0 aliphatic heterocycles. The Morgan fingerprint density at radius 3 is 1.11 bits per heavy atom. The number of carbonyl (C=O) groups is 5. The van der Waals surface area contributed by atoms with Crippen LogP contribution in [0.1, 0.15) is 130 Å². The van der Waals surface area contributed by atoms with E-state index in [-0.39, 0.29) is 114 Å². The Balaban J connectivity index is -0.000000435. The number of aromatic amines is 8. The molecule has 682 valence electrons. The van der Waals surface area contributed by atoms with Crippen LogP contribution < -0.4 is 47.4 Å². The van der Waals surface area contributed by atoms with Gasteiger partial charge in [-0.05, 0) is 141 Å². The molecule has 13 aromatic heterocycles. The third kappa shape index (κ3) is 56.1. The van der Waals surface area contributed by atoms with Gasteiger partial charge in [0.15, 0.2) is 46.2 Å². The molecule has 0 spiro atoms. The van der Waals surface area contributed by atoms with Crippen LogP contribution in [0.15, 0.2) is 145 Å². The number of ether oxygens (including phenoxy) is 2. The number of nitrogens with zero attached hydrogens (tertiary/aromatic N) is 19. The van der Waals surface area contributed by atoms with Crippen LogP contribution in [0, 0.1) is 52.9 Å². The number of carboxylic acid groups (broad SMARTS) is 1. The number of hydrogen-bond donors (Lipinski definition) is 11. The zero-order valence-corrected chi connectivity index (χ0v) is 77.6. The Bertz CT molecular complexity index is 5640. The molecule has 1 amide bonds. The van der Waals surface area contributed by atoms with Crippen LogP contribution in [0.4, 0.5) is 0 Å². The molecular formula is C70H86BrCl9LiN29O15P2. The predicted molar refractivity (Wildman–Crippen MR) is 483 cm³/mol. The standard InChI is InChI=1S/C13H16N4O2.C9H8N4O2.C9H10N4.C8H7ClN4.C8H8N4O.C7H8N2O3.C5H2ClN3.C5H5N3O2.C3H5ClO.CH3Br.2CH4.2Cl3OP.Li.H3N.2H2O/c1-3-4-5-19-13(18)11-6-10(15-8-16-11)12-14-7-9(2)17-12;1-5-3-10-8(13-5)6-2-7(9(14)15)12-4-11-6;1-6-3-8(12-5-11-6)9-10-4-7(2)13-9;1-5-3-10-8(13-5)6-2-7(9)12-4-11-6;1-5-3-9-8(12-5)6-2-7(13)11-4-10-6;1-2-12-7(11)5-3-6(10)9-4-8-5;6-5-1-4(2-7)8-3-9-5;6-5(10)3-1-4(9)8-2-7-3;1-3(5)2-4;1-2;;;2*1-5(2,3)4;;;;/h6-8H,3-5H2,1-2H3,(H,14,17);2-4H,1H3,(H,10,13)(H,14,15);3-5H,1-2H3,(H,10,13);2-4H,1H3,(H,10,13);2-4H,1H3,(H,9,12)(H,10,11,13);3-4H,2H2,1H3,(H,8,9,10);1,3H;1-2H,(H2,6,10)(H,7,8,9);2H2,1H3;1H3;2*1H4;;;;1H3;2*1H2/q;;;;;;;;;;;;;;+1;;;/p-1. The van der Waals surface area contributed by atoms with E-state index >= 15 is 0 Å². The molecule has 13 rings (SSSR count). The number of H-pyrrole nitrogens is 8. The normalized spacial score (nSPS) is 9.41. The molecule has 0 aromatic carbocycles. The SMILES string of the molecule is C.C.CBr.CC(=O)CCl.CCCCOC(=O)c1cc(-c2ncc(C)[nH]2)ncn1.CCOC(=O)c1cc(=O)[nH]cn1.Cc1cc(-c2ncc(C)[nH]2)ncn1.Cc1cnc(-c2cc(=O)[nH]cn2)[nH]1.Cc1cnc(-c2cc(C(=O)O)ncn2)[nH]1.Cc1cnc(-c2cc(Cl)ncn2)[nH]1.N.N#Cc1cc(Cl)ncn1.NC(=O)c1cc(=O)[nH]cn1.O.O=P(Cl)(Cl)Cl.O=P(Cl)(Cl)Cl.[Li+].[OH-]. The zero-order valence-electron chi connectivity index (χ0n) is 67.4. The summed E-state index contributed by atoms with van der Waals surface area (Å²) in [5, 5.41) is 11.3. The van der Waals surface area contributed by atoms with Crippen molar-refractivity contribution >= 4 is 158 Å². The number of aromatic carboxylic acids is 1. The van der Waals surface area contributed by atoms with E-state index < -0.39 is 34.2 Å². The van der Waals surface area contributed by atoms with Gasteiger partial charge >= 0.3 is 47.2 Å². The summed E-state index contributed by atoms with van der Waals surface area (Å²) in [6, 6.07) is 13.3. The monoisotopic (exact) mass is 2040 g/mol. The summed E-state index contributed by atoms with van der Waals surface area (Å²) in [7, 11) is 0. The predicted octanol–water partition coefficient (Wildman–Crippen LogP) is 11.5. The molecule has 0 saturated carbocycles. The fraction of sp³-hybridized carbons (Fsp3) is 0.243. The third-order valence-electron chi connectivity index (χ3n) is 12.4. The van der Waals surface area contributed by atoms with E-state index in [2.05, 4.69) is 218 Å². The van der Waals surface area contributed by atoms with Gasteiger partial charge in [-0.2, -0.15) is 5.26 Å². The minimum atomic E-state index is -3.22. The van der Waals surface area contributed by atoms with Gasteiger partial charge in [0.1, 0.15) is 93.7 Å². The summed E-state index contributed by atoms with van der Waals surface area (Å²) in [6.45, 7) is 17.3. The van der Waals surface area contributed by atoms with Crippen molar-refractivity contribution in [2.75, 3.05) is 24.9 Å². The second-order valence-corrected chi connectivity index (χ2v) is 36.5. The maximum atomic E-state index is 11.8. The number of Topliss-reactive ketones (excluding diaryl/α,β-unsaturated/α-hetero) is 1. The Morgan fingerprint density at radius 1 is 0.480 bits per heavy atom. The number of nitrogens with one attached hydrogen (secondary N) is 8. The van der Waals surface area contributed by atoms with Crippen molar-refractivity contribution in [2.24, 2.45) is 5.73 Å². The first-order valence-corrected chi connectivity index (χ1v) is 45.1. The van der Waals surface area contributed by atoms with Crippen LogP contribution in [0.5, 0.6) is 0 Å². The Kier molecular flexibility index (Phi) is 66.2. The van der Waals surface area contributed by atoms with E-state index in [0.717, 1.165) is 83.3 Å². The number of carboxylic acids is 1. The molecule has 0 radical (unpaired) electrons. The van der Waals surface area contributed by atoms with Crippen molar-refractivity contribution in [2.45, 2.75) is 90.0 Å². The first-order chi connectivity index (χ1) is 57.2. The van der Waals surface area contributed by atoms with E-state index in [4.69, 9.17) is 55.6 Å². The summed E-state index contributed by atoms with van der Waals surface area (Å²) >= 11 is 46.8. The molecule has 17 N–H and O–H groups in total. The molecule has 127 heavy (non-hydrogen) atoms. The smallest absolute Gasteiger partial charge is 0.870 e. The number of hydrogen-bond acceptors (Lipinski definition) is 33. The van der Waals surface area contributed by atoms with E-state index in [0.29, 0.717) is 63.0 Å². The maximum Gasteiger partial charge on any atom is 1.00 e. The number of nitriles is 1. The van der Waals surface area contributed by atoms with Crippen molar-refractivity contribution < 1.29 is 77.5 Å². The molecule has 0 fully saturated rings. The van der Waals surface area contributed by atoms with Gasteiger partial charge in [-0.15, -0.1) is 11.6 Å². The number of primary amides is 1. The van der Waals surface area contributed by atoms with Gasteiger partial charge in [0.05, 0.1) is 38.1 Å². The first-order valence-electron chi connectivity index (χ1n) is 33.4. The van der Waals surface area contributed by atoms with Crippen molar-refractivity contribution in [3.8, 4) is 63.7 Å². The molecular weight excluding hydrogens is 1950 g/mol. The van der Waals surface area contributed by atoms with E-state index in [1.165, 1.54) is 56.8 Å². The minimum absolute atomic E-state index is 0. The molecule has 0 atom stereocenters. The van der Waals surface area contributed by atoms with Crippen LogP contribution >= 0.6 is 129 Å². The summed E-state index contributed by atoms with van der Waals surface area (Å²) in [5.41, 5.74) is 13.2. The average Bonchev–Trinajstić information content (AvgIpc) is 1.77. The number of aromatic nitrogens is 26. The van der Waals surface area contributed by atoms with Crippen molar-refractivity contribution in [3.63, 3.8) is 0 Å². The van der Waals surface area contributed by atoms with Crippen LogP contribution in [-0.2, 0) is 23.4 Å². The Morgan fingerprint density at radius 2 is 0.795 bits per heavy atom. The largest absolute Gasteiger partial charge is 1.00 e. The van der Waals surface area contributed by atoms with Crippen LogP contribution in [0.3, 0.4) is 0 Å². The van der Waals surface area contributed by atoms with Gasteiger partial charge in [0.25, 0.3) is 22.6 Å². The topological polar surface area (TPSA) is 714 Å². The fourth-order valence-electron chi connectivity index (χ4n) is 7.43. The van der Waals surface area contributed by atoms with E-state index in [1.807, 2.05) is 66.4 Å². The molecule has 0 unspecified atom stereocenters. The average molecular weight is 2040 g/mol. The second kappa shape index (κ2) is 67.5. The minimum Gasteiger partial charge on any atom is -0.870 e. The summed E-state index contributed by atoms with van der Waals surface area (Å²) in [4.78, 5) is 178. The molecule has 0 bridgehead atoms. The summed E-state index contributed by atoms with van der Waals surface area (Å²) < 4.78 is 28.8. The number of esters is 2. The number of ketones is 1. The molecule has 0 saturated heterocycles. The number of alkyl halides is 2. The second-order valence-electron chi connectivity index (χ2n) is 22.2. The van der Waals surface area contributed by atoms with Gasteiger partial charge in [-0.25, -0.2) is 104 Å². The quantitative estimate of drug-likeness (QED) is 0.0120. The molecule has 0 aliphatic carbocycles. The molecule has 44 nitrogen and oxygen atoms in total. The number of amides is 1. The molecule has 0 aliphatic rings. The van der Waals surface area contributed by atoms with Gasteiger partial charge < -0.3 is 77.3 Å². The van der Waals surface area contributed by atoms with E-state index in [1.54, 1.807) is 56.4 Å². The number of carbonyl (C=O) groups excluding carboxylic acids is 4.